The van der Waals surface area contributed by atoms with Gasteiger partial charge >= 0.3 is 5.97 Å². The number of nitrogens with zero attached hydrogens (tertiary/aromatic N) is 4. The number of ether oxygens (including phenoxy) is 1. The maximum absolute atomic E-state index is 15.5. The number of esters is 1. The van der Waals surface area contributed by atoms with E-state index in [1.807, 2.05) is 23.1 Å². The van der Waals surface area contributed by atoms with Crippen molar-refractivity contribution in [2.45, 2.75) is 51.5 Å². The first kappa shape index (κ1) is 25.8. The maximum Gasteiger partial charge on any atom is 0.315 e. The van der Waals surface area contributed by atoms with Crippen molar-refractivity contribution in [3.05, 3.63) is 82.4 Å². The van der Waals surface area contributed by atoms with Gasteiger partial charge in [-0.2, -0.15) is 5.10 Å². The number of aryl methyl sites for hydroxylation is 1. The van der Waals surface area contributed by atoms with Crippen molar-refractivity contribution in [1.29, 1.82) is 0 Å². The number of carbonyl (C=O) groups excluding carboxylic acids is 2. The van der Waals surface area contributed by atoms with Crippen LogP contribution in [0.3, 0.4) is 0 Å². The summed E-state index contributed by atoms with van der Waals surface area (Å²) in [5.74, 6) is -0.723. The van der Waals surface area contributed by atoms with Crippen LogP contribution >= 0.6 is 0 Å². The lowest BCUT2D eigenvalue weighted by atomic mass is 9.93. The maximum atomic E-state index is 15.5. The molecule has 2 aliphatic heterocycles. The molecule has 41 heavy (non-hydrogen) atoms. The van der Waals surface area contributed by atoms with E-state index in [-0.39, 0.29) is 35.5 Å². The highest BCUT2D eigenvalue weighted by molar-refractivity contribution is 5.93. The second-order valence-electron chi connectivity index (χ2n) is 11.5. The summed E-state index contributed by atoms with van der Waals surface area (Å²) in [5, 5.41) is 7.89. The van der Waals surface area contributed by atoms with E-state index in [0.717, 1.165) is 31.5 Å². The van der Waals surface area contributed by atoms with Crippen LogP contribution in [0.4, 0.5) is 4.39 Å². The molecule has 1 aliphatic carbocycles. The minimum absolute atomic E-state index is 0.0513. The van der Waals surface area contributed by atoms with Crippen molar-refractivity contribution in [2.75, 3.05) is 19.6 Å². The Hall–Kier alpha value is -4.11. The van der Waals surface area contributed by atoms with Gasteiger partial charge in [-0.05, 0) is 74.9 Å². The van der Waals surface area contributed by atoms with Crippen molar-refractivity contribution in [3.8, 4) is 17.0 Å². The molecule has 0 spiro atoms. The Bertz CT molecular complexity index is 1670. The predicted octanol–water partition coefficient (Wildman–Crippen LogP) is 5.00. The number of hydrogen-bond acceptors (Lipinski definition) is 6. The van der Waals surface area contributed by atoms with Crippen LogP contribution in [0.25, 0.3) is 16.9 Å². The van der Waals surface area contributed by atoms with Gasteiger partial charge in [-0.1, -0.05) is 24.3 Å². The standard InChI is InChI=1S/C32H32FN5O3/c1-18-13-23(41-32(40)22-9-11-34-17-22)14-25(33)30(18)26-16-29-35-27(15-28(21-7-8-21)38(29)36-26)31(39)37-12-10-20-5-3-4-6-24(20)19(37)2/h3-6,13-16,19,21-22,34H,7-12,17H2,1-2H3/t19-,22?/m1/s1. The molecule has 0 bridgehead atoms. The van der Waals surface area contributed by atoms with E-state index >= 15 is 4.39 Å². The molecule has 2 aromatic heterocycles. The van der Waals surface area contributed by atoms with Crippen molar-refractivity contribution in [2.24, 2.45) is 5.92 Å². The average molecular weight is 554 g/mol. The number of hydrogen-bond donors (Lipinski definition) is 1. The third-order valence-corrected chi connectivity index (χ3v) is 8.65. The summed E-state index contributed by atoms with van der Waals surface area (Å²) in [6.07, 6.45) is 3.55. The van der Waals surface area contributed by atoms with Gasteiger partial charge in [-0.15, -0.1) is 0 Å². The molecule has 1 N–H and O–H groups in total. The molecular weight excluding hydrogens is 521 g/mol. The predicted molar refractivity (Wildman–Crippen MR) is 151 cm³/mol. The molecule has 7 rings (SSSR count). The van der Waals surface area contributed by atoms with Gasteiger partial charge in [0, 0.05) is 42.4 Å². The Balaban J connectivity index is 1.21. The van der Waals surface area contributed by atoms with Gasteiger partial charge in [0.2, 0.25) is 0 Å². The SMILES string of the molecule is Cc1cc(OC(=O)C2CCNC2)cc(F)c1-c1cc2nc(C(=O)N3CCc4ccccc4[C@H]3C)cc(C3CC3)n2n1. The first-order valence-corrected chi connectivity index (χ1v) is 14.4. The lowest BCUT2D eigenvalue weighted by Gasteiger charge is -2.35. The Morgan fingerprint density at radius 3 is 2.68 bits per heavy atom. The lowest BCUT2D eigenvalue weighted by Crippen LogP contribution is -2.39. The van der Waals surface area contributed by atoms with Crippen LogP contribution in [0.2, 0.25) is 0 Å². The molecular formula is C32H32FN5O3. The van der Waals surface area contributed by atoms with Crippen LogP contribution in [0.15, 0.2) is 48.5 Å². The Morgan fingerprint density at radius 1 is 1.10 bits per heavy atom. The summed E-state index contributed by atoms with van der Waals surface area (Å²) < 4.78 is 22.8. The molecule has 3 aliphatic rings. The van der Waals surface area contributed by atoms with Crippen LogP contribution in [0, 0.1) is 18.7 Å². The Kier molecular flexibility index (Phi) is 6.34. The molecule has 8 nitrogen and oxygen atoms in total. The Labute approximate surface area is 237 Å². The van der Waals surface area contributed by atoms with Crippen LogP contribution in [0.5, 0.6) is 5.75 Å². The summed E-state index contributed by atoms with van der Waals surface area (Å²) >= 11 is 0. The van der Waals surface area contributed by atoms with Crippen molar-refractivity contribution >= 4 is 17.5 Å². The fourth-order valence-corrected chi connectivity index (χ4v) is 6.25. The fraction of sp³-hybridized carbons (Fsp3) is 0.375. The first-order chi connectivity index (χ1) is 19.9. The highest BCUT2D eigenvalue weighted by Crippen LogP contribution is 2.41. The molecule has 2 fully saturated rings. The number of fused-ring (bicyclic) bond motifs is 2. The first-order valence-electron chi connectivity index (χ1n) is 14.4. The van der Waals surface area contributed by atoms with Crippen LogP contribution in [0.1, 0.15) is 71.0 Å². The Morgan fingerprint density at radius 2 is 1.93 bits per heavy atom. The molecule has 1 saturated carbocycles. The highest BCUT2D eigenvalue weighted by Gasteiger charge is 2.33. The lowest BCUT2D eigenvalue weighted by molar-refractivity contribution is -0.138. The van der Waals surface area contributed by atoms with Gasteiger partial charge in [0.15, 0.2) is 5.65 Å². The van der Waals surface area contributed by atoms with Gasteiger partial charge in [0.05, 0.1) is 17.7 Å². The van der Waals surface area contributed by atoms with Crippen LogP contribution in [-0.2, 0) is 11.2 Å². The van der Waals surface area contributed by atoms with Gasteiger partial charge in [0.1, 0.15) is 17.3 Å². The zero-order chi connectivity index (χ0) is 28.2. The normalized spacial score (nSPS) is 20.3. The van der Waals surface area contributed by atoms with E-state index < -0.39 is 5.82 Å². The van der Waals surface area contributed by atoms with Gasteiger partial charge in [0.25, 0.3) is 5.91 Å². The number of nitrogens with one attached hydrogen (secondary N) is 1. The topological polar surface area (TPSA) is 88.8 Å². The molecule has 1 amide bonds. The number of aromatic nitrogens is 3. The third-order valence-electron chi connectivity index (χ3n) is 8.65. The quantitative estimate of drug-likeness (QED) is 0.277. The average Bonchev–Trinajstić information content (AvgIpc) is 3.47. The molecule has 2 atom stereocenters. The van der Waals surface area contributed by atoms with Gasteiger partial charge < -0.3 is 15.0 Å². The molecule has 4 aromatic rings. The number of benzene rings is 2. The summed E-state index contributed by atoms with van der Waals surface area (Å²) in [5.41, 5.74) is 5.63. The molecule has 4 heterocycles. The van der Waals surface area contributed by atoms with Gasteiger partial charge in [-0.25, -0.2) is 13.9 Å². The smallest absolute Gasteiger partial charge is 0.315 e. The van der Waals surface area contributed by atoms with E-state index in [0.29, 0.717) is 47.7 Å². The third kappa shape index (κ3) is 4.68. The minimum Gasteiger partial charge on any atom is -0.426 e. The summed E-state index contributed by atoms with van der Waals surface area (Å²) in [7, 11) is 0. The molecule has 210 valence electrons. The highest BCUT2D eigenvalue weighted by atomic mass is 19.1. The summed E-state index contributed by atoms with van der Waals surface area (Å²) in [4.78, 5) is 32.9. The van der Waals surface area contributed by atoms with Crippen LogP contribution in [-0.4, -0.2) is 51.0 Å². The van der Waals surface area contributed by atoms with Crippen molar-refractivity contribution in [1.82, 2.24) is 24.8 Å². The van der Waals surface area contributed by atoms with E-state index in [9.17, 15) is 9.59 Å². The second kappa shape index (κ2) is 10.1. The largest absolute Gasteiger partial charge is 0.426 e. The number of carbonyl (C=O) groups is 2. The van der Waals surface area contributed by atoms with Gasteiger partial charge in [-0.3, -0.25) is 9.59 Å². The summed E-state index contributed by atoms with van der Waals surface area (Å²) in [6, 6.07) is 14.7. The molecule has 0 radical (unpaired) electrons. The number of halogens is 1. The van der Waals surface area contributed by atoms with Crippen LogP contribution < -0.4 is 10.1 Å². The van der Waals surface area contributed by atoms with E-state index in [2.05, 4.69) is 24.4 Å². The van der Waals surface area contributed by atoms with Crippen molar-refractivity contribution in [3.63, 3.8) is 0 Å². The number of amides is 1. The second-order valence-corrected chi connectivity index (χ2v) is 11.5. The molecule has 1 saturated heterocycles. The molecule has 1 unspecified atom stereocenters. The summed E-state index contributed by atoms with van der Waals surface area (Å²) in [6.45, 7) is 5.81. The zero-order valence-electron chi connectivity index (χ0n) is 23.2. The fourth-order valence-electron chi connectivity index (χ4n) is 6.25. The van der Waals surface area contributed by atoms with E-state index in [4.69, 9.17) is 14.8 Å². The monoisotopic (exact) mass is 553 g/mol. The van der Waals surface area contributed by atoms with Crippen molar-refractivity contribution < 1.29 is 18.7 Å². The van der Waals surface area contributed by atoms with E-state index in [1.54, 1.807) is 23.6 Å². The number of rotatable bonds is 5. The molecule has 2 aromatic carbocycles. The molecule has 9 heteroatoms. The zero-order valence-corrected chi connectivity index (χ0v) is 23.2. The van der Waals surface area contributed by atoms with E-state index in [1.165, 1.54) is 17.2 Å². The minimum atomic E-state index is -0.522.